The predicted octanol–water partition coefficient (Wildman–Crippen LogP) is 4.82. The Balaban J connectivity index is 1.43. The summed E-state index contributed by atoms with van der Waals surface area (Å²) in [6, 6.07) is 6.40. The Bertz CT molecular complexity index is 1070. The minimum atomic E-state index is -0.105. The molecule has 0 spiro atoms. The van der Waals surface area contributed by atoms with E-state index < -0.39 is 0 Å². The quantitative estimate of drug-likeness (QED) is 0.428. The van der Waals surface area contributed by atoms with Gasteiger partial charge in [-0.2, -0.15) is 0 Å². The highest BCUT2D eigenvalue weighted by Gasteiger charge is 2.25. The molecule has 0 saturated carbocycles. The largest absolute Gasteiger partial charge is 0.355 e. The van der Waals surface area contributed by atoms with E-state index in [1.54, 1.807) is 0 Å². The molecule has 0 atom stereocenters. The number of amides is 1. The molecule has 0 radical (unpaired) electrons. The SMILES string of the molecule is Cc1c(C(=O)NC2CCN(C(C)C)CC2)nc(I)n1Cc1cc(-c2ccc(Cl)s2)on1. The first kappa shape index (κ1) is 22.8. The molecule has 4 heterocycles. The third-order valence-electron chi connectivity index (χ3n) is 5.68. The number of thiophene rings is 1. The van der Waals surface area contributed by atoms with Gasteiger partial charge in [0.05, 0.1) is 15.8 Å². The van der Waals surface area contributed by atoms with Crippen LogP contribution in [-0.2, 0) is 6.54 Å². The standard InChI is InChI=1S/C21H25ClIN5O2S/c1-12(2)27-8-6-14(7-9-27)24-20(29)19-13(3)28(21(23)25-19)11-15-10-16(30-26-15)17-4-5-18(22)31-17/h4-5,10,12,14H,6-9,11H2,1-3H3,(H,24,29). The van der Waals surface area contributed by atoms with Crippen LogP contribution in [0.2, 0.25) is 4.34 Å². The van der Waals surface area contributed by atoms with Crippen molar-refractivity contribution in [3.63, 3.8) is 0 Å². The van der Waals surface area contributed by atoms with Crippen LogP contribution in [0.25, 0.3) is 10.6 Å². The van der Waals surface area contributed by atoms with Crippen molar-refractivity contribution in [3.05, 3.63) is 43.4 Å². The van der Waals surface area contributed by atoms with E-state index in [0.29, 0.717) is 28.4 Å². The first-order valence-electron chi connectivity index (χ1n) is 10.3. The van der Waals surface area contributed by atoms with E-state index in [1.807, 2.05) is 29.7 Å². The van der Waals surface area contributed by atoms with Crippen LogP contribution in [0.1, 0.15) is 48.6 Å². The van der Waals surface area contributed by atoms with Gasteiger partial charge < -0.3 is 19.3 Å². The number of likely N-dealkylation sites (tertiary alicyclic amines) is 1. The Hall–Kier alpha value is -1.43. The number of hydrogen-bond donors (Lipinski definition) is 1. The van der Waals surface area contributed by atoms with Gasteiger partial charge in [0.25, 0.3) is 5.91 Å². The fourth-order valence-corrected chi connectivity index (χ4v) is 5.59. The molecule has 31 heavy (non-hydrogen) atoms. The average molecular weight is 574 g/mol. The normalized spacial score (nSPS) is 15.7. The molecule has 1 aliphatic rings. The van der Waals surface area contributed by atoms with Crippen molar-refractivity contribution in [2.24, 2.45) is 0 Å². The number of carbonyl (C=O) groups is 1. The van der Waals surface area contributed by atoms with E-state index in [2.05, 4.69) is 56.8 Å². The van der Waals surface area contributed by atoms with Crippen molar-refractivity contribution in [1.82, 2.24) is 24.9 Å². The van der Waals surface area contributed by atoms with Crippen LogP contribution in [-0.4, -0.2) is 50.7 Å². The fourth-order valence-electron chi connectivity index (χ4n) is 3.82. The van der Waals surface area contributed by atoms with Gasteiger partial charge in [-0.25, -0.2) is 4.98 Å². The Morgan fingerprint density at radius 2 is 2.13 bits per heavy atom. The number of carbonyl (C=O) groups excluding carboxylic acids is 1. The van der Waals surface area contributed by atoms with Crippen LogP contribution in [0.15, 0.2) is 22.7 Å². The highest BCUT2D eigenvalue weighted by molar-refractivity contribution is 14.1. The van der Waals surface area contributed by atoms with Crippen LogP contribution in [0.3, 0.4) is 0 Å². The fraction of sp³-hybridized carbons (Fsp3) is 0.476. The first-order chi connectivity index (χ1) is 14.8. The summed E-state index contributed by atoms with van der Waals surface area (Å²) < 4.78 is 8.92. The summed E-state index contributed by atoms with van der Waals surface area (Å²) in [6.07, 6.45) is 1.93. The topological polar surface area (TPSA) is 76.2 Å². The van der Waals surface area contributed by atoms with Crippen molar-refractivity contribution in [1.29, 1.82) is 0 Å². The Labute approximate surface area is 204 Å². The molecule has 10 heteroatoms. The third kappa shape index (κ3) is 5.15. The number of nitrogens with one attached hydrogen (secondary N) is 1. The van der Waals surface area contributed by atoms with Crippen molar-refractivity contribution in [3.8, 4) is 10.6 Å². The Morgan fingerprint density at radius 1 is 1.39 bits per heavy atom. The molecule has 1 fully saturated rings. The smallest absolute Gasteiger partial charge is 0.272 e. The Kier molecular flexibility index (Phi) is 7.04. The minimum absolute atomic E-state index is 0.105. The van der Waals surface area contributed by atoms with Crippen molar-refractivity contribution in [2.75, 3.05) is 13.1 Å². The number of rotatable bonds is 6. The van der Waals surface area contributed by atoms with Gasteiger partial charge in [0, 0.05) is 36.9 Å². The van der Waals surface area contributed by atoms with Gasteiger partial charge in [-0.15, -0.1) is 11.3 Å². The van der Waals surface area contributed by atoms with Gasteiger partial charge in [0.15, 0.2) is 9.59 Å². The maximum atomic E-state index is 12.9. The van der Waals surface area contributed by atoms with Crippen LogP contribution >= 0.6 is 45.5 Å². The van der Waals surface area contributed by atoms with Crippen LogP contribution in [0.4, 0.5) is 0 Å². The lowest BCUT2D eigenvalue weighted by molar-refractivity contribution is 0.0895. The van der Waals surface area contributed by atoms with Crippen molar-refractivity contribution in [2.45, 2.75) is 52.2 Å². The van der Waals surface area contributed by atoms with Crippen LogP contribution in [0.5, 0.6) is 0 Å². The Morgan fingerprint density at radius 3 is 2.77 bits per heavy atom. The van der Waals surface area contributed by atoms with Crippen molar-refractivity contribution >= 4 is 51.4 Å². The number of piperidine rings is 1. The summed E-state index contributed by atoms with van der Waals surface area (Å²) in [5, 5.41) is 7.36. The lowest BCUT2D eigenvalue weighted by Crippen LogP contribution is -2.46. The molecule has 1 amide bonds. The van der Waals surface area contributed by atoms with Gasteiger partial charge >= 0.3 is 0 Å². The number of nitrogens with zero attached hydrogens (tertiary/aromatic N) is 4. The third-order valence-corrected chi connectivity index (χ3v) is 7.75. The molecule has 0 aromatic carbocycles. The number of halogens is 2. The van der Waals surface area contributed by atoms with Gasteiger partial charge in [0.2, 0.25) is 0 Å². The summed E-state index contributed by atoms with van der Waals surface area (Å²) in [6.45, 7) is 8.86. The number of aromatic nitrogens is 3. The average Bonchev–Trinajstić information content (AvgIpc) is 3.44. The van der Waals surface area contributed by atoms with E-state index in [0.717, 1.165) is 46.0 Å². The zero-order valence-corrected chi connectivity index (χ0v) is 21.4. The molecule has 3 aromatic heterocycles. The molecule has 0 unspecified atom stereocenters. The molecule has 1 saturated heterocycles. The second-order valence-corrected chi connectivity index (χ2v) is 10.7. The molecule has 166 valence electrons. The van der Waals surface area contributed by atoms with Gasteiger partial charge in [-0.3, -0.25) is 4.79 Å². The summed E-state index contributed by atoms with van der Waals surface area (Å²) in [5.41, 5.74) is 2.07. The molecular weight excluding hydrogens is 549 g/mol. The lowest BCUT2D eigenvalue weighted by Gasteiger charge is -2.34. The summed E-state index contributed by atoms with van der Waals surface area (Å²) >= 11 is 9.62. The molecule has 4 rings (SSSR count). The highest BCUT2D eigenvalue weighted by atomic mass is 127. The van der Waals surface area contributed by atoms with Gasteiger partial charge in [-0.1, -0.05) is 16.8 Å². The zero-order chi connectivity index (χ0) is 22.1. The second-order valence-electron chi connectivity index (χ2n) is 8.06. The molecule has 3 aromatic rings. The molecule has 1 aliphatic heterocycles. The van der Waals surface area contributed by atoms with Crippen LogP contribution < -0.4 is 5.32 Å². The molecular formula is C21H25ClIN5O2S. The maximum Gasteiger partial charge on any atom is 0.272 e. The van der Waals surface area contributed by atoms with E-state index in [-0.39, 0.29) is 11.9 Å². The maximum absolute atomic E-state index is 12.9. The number of imidazole rings is 1. The number of hydrogen-bond acceptors (Lipinski definition) is 6. The van der Waals surface area contributed by atoms with Gasteiger partial charge in [0.1, 0.15) is 11.4 Å². The highest BCUT2D eigenvalue weighted by Crippen LogP contribution is 2.31. The summed E-state index contributed by atoms with van der Waals surface area (Å²) in [7, 11) is 0. The second kappa shape index (κ2) is 9.60. The lowest BCUT2D eigenvalue weighted by atomic mass is 10.0. The van der Waals surface area contributed by atoms with E-state index in [9.17, 15) is 4.79 Å². The molecule has 7 nitrogen and oxygen atoms in total. The van der Waals surface area contributed by atoms with Crippen LogP contribution in [0, 0.1) is 10.8 Å². The zero-order valence-electron chi connectivity index (χ0n) is 17.7. The van der Waals surface area contributed by atoms with Gasteiger partial charge in [-0.05, 0) is 68.3 Å². The molecule has 1 N–H and O–H groups in total. The summed E-state index contributed by atoms with van der Waals surface area (Å²) in [4.78, 5) is 20.8. The molecule has 0 bridgehead atoms. The van der Waals surface area contributed by atoms with E-state index in [4.69, 9.17) is 16.1 Å². The predicted molar refractivity (Wildman–Crippen MR) is 131 cm³/mol. The minimum Gasteiger partial charge on any atom is -0.355 e. The summed E-state index contributed by atoms with van der Waals surface area (Å²) in [5.74, 6) is 0.580. The van der Waals surface area contributed by atoms with E-state index >= 15 is 0 Å². The molecule has 0 aliphatic carbocycles. The van der Waals surface area contributed by atoms with E-state index in [1.165, 1.54) is 11.3 Å². The first-order valence-corrected chi connectivity index (χ1v) is 12.6. The monoisotopic (exact) mass is 573 g/mol. The van der Waals surface area contributed by atoms with Crippen molar-refractivity contribution < 1.29 is 9.32 Å².